The lowest BCUT2D eigenvalue weighted by Gasteiger charge is -2.34. The second kappa shape index (κ2) is 5.98. The maximum atomic E-state index is 12.3. The van der Waals surface area contributed by atoms with Gasteiger partial charge < -0.3 is 14.7 Å². The number of carboxylic acid groups (broad SMARTS) is 1. The molecule has 2 heterocycles. The fourth-order valence-electron chi connectivity index (χ4n) is 2.70. The van der Waals surface area contributed by atoms with Crippen molar-refractivity contribution in [2.45, 2.75) is 31.7 Å². The smallest absolute Gasteiger partial charge is 0.324 e. The van der Waals surface area contributed by atoms with Crippen molar-refractivity contribution in [3.63, 3.8) is 0 Å². The van der Waals surface area contributed by atoms with Gasteiger partial charge in [-0.05, 0) is 19.3 Å². The van der Waals surface area contributed by atoms with Crippen LogP contribution in [0.15, 0.2) is 0 Å². The summed E-state index contributed by atoms with van der Waals surface area (Å²) in [7, 11) is 0. The molecule has 0 aromatic carbocycles. The fraction of sp³-hybridized carbons (Fsp3) is 0.615. The van der Waals surface area contributed by atoms with E-state index in [0.29, 0.717) is 18.3 Å². The number of carboxylic acids is 1. The van der Waals surface area contributed by atoms with Gasteiger partial charge in [0, 0.05) is 11.4 Å². The number of aliphatic carboxylic acids is 1. The fourth-order valence-corrected chi connectivity index (χ4v) is 3.74. The normalized spacial score (nSPS) is 21.1. The monoisotopic (exact) mass is 311 g/mol. The van der Waals surface area contributed by atoms with Gasteiger partial charge in [0.15, 0.2) is 5.13 Å². The molecule has 0 radical (unpaired) electrons. The number of morpholine rings is 1. The number of anilines is 1. The molecule has 1 aromatic heterocycles. The molecule has 1 saturated heterocycles. The number of ether oxygens (including phenoxy) is 1. The van der Waals surface area contributed by atoms with Gasteiger partial charge in [-0.3, -0.25) is 10.1 Å². The lowest BCUT2D eigenvalue weighted by molar-refractivity contribution is -0.139. The van der Waals surface area contributed by atoms with Crippen molar-refractivity contribution in [2.24, 2.45) is 0 Å². The van der Waals surface area contributed by atoms with E-state index in [1.54, 1.807) is 0 Å². The highest BCUT2D eigenvalue weighted by molar-refractivity contribution is 7.15. The number of carbonyl (C=O) groups excluding carboxylic acids is 1. The Balaban J connectivity index is 1.66. The van der Waals surface area contributed by atoms with Crippen molar-refractivity contribution in [1.82, 2.24) is 9.88 Å². The Hall–Kier alpha value is -1.67. The quantitative estimate of drug-likeness (QED) is 0.879. The SMILES string of the molecule is O=C(O)CC1COCCN1C(=O)Nc1nc2c(s1)CCC2. The summed E-state index contributed by atoms with van der Waals surface area (Å²) >= 11 is 1.51. The molecule has 8 heteroatoms. The van der Waals surface area contributed by atoms with E-state index >= 15 is 0 Å². The van der Waals surface area contributed by atoms with E-state index in [9.17, 15) is 9.59 Å². The highest BCUT2D eigenvalue weighted by Crippen LogP contribution is 2.30. The maximum absolute atomic E-state index is 12.3. The zero-order chi connectivity index (χ0) is 14.8. The first-order chi connectivity index (χ1) is 10.1. The minimum absolute atomic E-state index is 0.109. The minimum Gasteiger partial charge on any atom is -0.481 e. The zero-order valence-corrected chi connectivity index (χ0v) is 12.3. The summed E-state index contributed by atoms with van der Waals surface area (Å²) in [4.78, 5) is 30.4. The van der Waals surface area contributed by atoms with Crippen LogP contribution in [0.25, 0.3) is 0 Å². The molecule has 0 bridgehead atoms. The first kappa shape index (κ1) is 14.3. The molecular formula is C13H17N3O4S. The number of urea groups is 1. The lowest BCUT2D eigenvalue weighted by atomic mass is 10.1. The average molecular weight is 311 g/mol. The van der Waals surface area contributed by atoms with Gasteiger partial charge in [0.25, 0.3) is 0 Å². The van der Waals surface area contributed by atoms with Gasteiger partial charge >= 0.3 is 12.0 Å². The van der Waals surface area contributed by atoms with Crippen LogP contribution >= 0.6 is 11.3 Å². The number of carbonyl (C=O) groups is 2. The van der Waals surface area contributed by atoms with Gasteiger partial charge in [0.2, 0.25) is 0 Å². The Kier molecular flexibility index (Phi) is 4.07. The van der Waals surface area contributed by atoms with Crippen LogP contribution in [0.5, 0.6) is 0 Å². The molecule has 1 aliphatic heterocycles. The molecule has 114 valence electrons. The van der Waals surface area contributed by atoms with E-state index in [1.165, 1.54) is 21.1 Å². The molecule has 2 amide bonds. The molecule has 1 fully saturated rings. The Morgan fingerprint density at radius 2 is 2.33 bits per heavy atom. The van der Waals surface area contributed by atoms with E-state index in [1.807, 2.05) is 0 Å². The first-order valence-electron chi connectivity index (χ1n) is 6.99. The Labute approximate surface area is 125 Å². The number of aryl methyl sites for hydroxylation is 2. The average Bonchev–Trinajstić information content (AvgIpc) is 2.99. The van der Waals surface area contributed by atoms with E-state index in [-0.39, 0.29) is 19.1 Å². The molecule has 2 aliphatic rings. The number of hydrogen-bond donors (Lipinski definition) is 2. The van der Waals surface area contributed by atoms with Crippen molar-refractivity contribution < 1.29 is 19.4 Å². The van der Waals surface area contributed by atoms with Crippen molar-refractivity contribution in [3.8, 4) is 0 Å². The van der Waals surface area contributed by atoms with Crippen molar-refractivity contribution in [3.05, 3.63) is 10.6 Å². The largest absolute Gasteiger partial charge is 0.481 e. The Bertz CT molecular complexity index is 538. The van der Waals surface area contributed by atoms with Crippen molar-refractivity contribution in [2.75, 3.05) is 25.1 Å². The molecule has 0 spiro atoms. The molecule has 1 aliphatic carbocycles. The molecule has 3 rings (SSSR count). The van der Waals surface area contributed by atoms with Gasteiger partial charge in [-0.15, -0.1) is 11.3 Å². The van der Waals surface area contributed by atoms with Crippen molar-refractivity contribution >= 4 is 28.5 Å². The third-order valence-electron chi connectivity index (χ3n) is 3.71. The molecule has 2 N–H and O–H groups in total. The molecule has 1 atom stereocenters. The van der Waals surface area contributed by atoms with Gasteiger partial charge in [0.1, 0.15) is 0 Å². The van der Waals surface area contributed by atoms with Crippen molar-refractivity contribution in [1.29, 1.82) is 0 Å². The third kappa shape index (κ3) is 3.16. The van der Waals surface area contributed by atoms with Crippen LogP contribution in [0.3, 0.4) is 0 Å². The summed E-state index contributed by atoms with van der Waals surface area (Å²) in [6, 6.07) is -0.722. The summed E-state index contributed by atoms with van der Waals surface area (Å²) in [6.45, 7) is 1.08. The van der Waals surface area contributed by atoms with Crippen LogP contribution in [0, 0.1) is 0 Å². The van der Waals surface area contributed by atoms with Crippen LogP contribution in [0.2, 0.25) is 0 Å². The second-order valence-corrected chi connectivity index (χ2v) is 6.28. The van der Waals surface area contributed by atoms with Crippen LogP contribution in [-0.4, -0.2) is 52.8 Å². The molecule has 1 unspecified atom stereocenters. The molecular weight excluding hydrogens is 294 g/mol. The number of fused-ring (bicyclic) bond motifs is 1. The van der Waals surface area contributed by atoms with E-state index in [0.717, 1.165) is 25.0 Å². The topological polar surface area (TPSA) is 91.8 Å². The number of aromatic nitrogens is 1. The minimum atomic E-state index is -0.934. The van der Waals surface area contributed by atoms with Gasteiger partial charge in [-0.1, -0.05) is 0 Å². The van der Waals surface area contributed by atoms with E-state index < -0.39 is 12.0 Å². The van der Waals surface area contributed by atoms with E-state index in [2.05, 4.69) is 10.3 Å². The number of nitrogens with zero attached hydrogens (tertiary/aromatic N) is 2. The maximum Gasteiger partial charge on any atom is 0.324 e. The summed E-state index contributed by atoms with van der Waals surface area (Å²) < 4.78 is 5.27. The van der Waals surface area contributed by atoms with Gasteiger partial charge in [-0.2, -0.15) is 0 Å². The number of nitrogens with one attached hydrogen (secondary N) is 1. The van der Waals surface area contributed by atoms with Gasteiger partial charge in [0.05, 0.1) is 31.4 Å². The second-order valence-electron chi connectivity index (χ2n) is 5.19. The number of hydrogen-bond acceptors (Lipinski definition) is 5. The molecule has 0 saturated carbocycles. The van der Waals surface area contributed by atoms with Crippen LogP contribution < -0.4 is 5.32 Å². The highest BCUT2D eigenvalue weighted by atomic mass is 32.1. The first-order valence-corrected chi connectivity index (χ1v) is 7.81. The molecule has 7 nitrogen and oxygen atoms in total. The van der Waals surface area contributed by atoms with Crippen LogP contribution in [0.1, 0.15) is 23.4 Å². The predicted molar refractivity (Wildman–Crippen MR) is 76.7 cm³/mol. The highest BCUT2D eigenvalue weighted by Gasteiger charge is 2.30. The number of rotatable bonds is 3. The summed E-state index contributed by atoms with van der Waals surface area (Å²) in [5.74, 6) is -0.934. The summed E-state index contributed by atoms with van der Waals surface area (Å²) in [5.41, 5.74) is 1.08. The molecule has 1 aromatic rings. The summed E-state index contributed by atoms with van der Waals surface area (Å²) in [6.07, 6.45) is 3.03. The third-order valence-corrected chi connectivity index (χ3v) is 4.78. The lowest BCUT2D eigenvalue weighted by Crippen LogP contribution is -2.51. The van der Waals surface area contributed by atoms with Gasteiger partial charge in [-0.25, -0.2) is 9.78 Å². The Morgan fingerprint density at radius 3 is 3.10 bits per heavy atom. The van der Waals surface area contributed by atoms with Crippen LogP contribution in [0.4, 0.5) is 9.93 Å². The van der Waals surface area contributed by atoms with Crippen LogP contribution in [-0.2, 0) is 22.4 Å². The van der Waals surface area contributed by atoms with E-state index in [4.69, 9.17) is 9.84 Å². The standard InChI is InChI=1S/C13H17N3O4S/c17-11(18)6-8-7-20-5-4-16(8)13(19)15-12-14-9-2-1-3-10(9)21-12/h8H,1-7H2,(H,17,18)(H,14,15,19). The summed E-state index contributed by atoms with van der Waals surface area (Å²) in [5, 5.41) is 12.3. The molecule has 21 heavy (non-hydrogen) atoms. The Morgan fingerprint density at radius 1 is 1.48 bits per heavy atom. The zero-order valence-electron chi connectivity index (χ0n) is 11.5. The number of amides is 2. The number of thiazole rings is 1. The predicted octanol–water partition coefficient (Wildman–Crippen LogP) is 1.34.